The minimum atomic E-state index is -4.85. The summed E-state index contributed by atoms with van der Waals surface area (Å²) in [7, 11) is 0. The van der Waals surface area contributed by atoms with Gasteiger partial charge in [-0.1, -0.05) is 12.1 Å². The second kappa shape index (κ2) is 5.78. The van der Waals surface area contributed by atoms with Gasteiger partial charge in [-0.05, 0) is 18.2 Å². The Morgan fingerprint density at radius 3 is 2.48 bits per heavy atom. The van der Waals surface area contributed by atoms with E-state index < -0.39 is 18.1 Å². The molecule has 1 N–H and O–H groups in total. The zero-order valence-corrected chi connectivity index (χ0v) is 10.4. The highest BCUT2D eigenvalue weighted by atomic mass is 19.4. The van der Waals surface area contributed by atoms with Crippen molar-refractivity contribution in [3.05, 3.63) is 47.9 Å². The van der Waals surface area contributed by atoms with E-state index >= 15 is 0 Å². The first-order chi connectivity index (χ1) is 9.87. The van der Waals surface area contributed by atoms with Gasteiger partial charge in [-0.25, -0.2) is 4.79 Å². The molecule has 0 saturated carbocycles. The number of rotatable bonds is 5. The van der Waals surface area contributed by atoms with Crippen molar-refractivity contribution >= 4 is 5.97 Å². The maximum Gasteiger partial charge on any atom is 0.573 e. The smallest absolute Gasteiger partial charge is 0.482 e. The molecule has 0 aliphatic heterocycles. The van der Waals surface area contributed by atoms with Crippen LogP contribution in [0.4, 0.5) is 13.2 Å². The number of carbonyl (C=O) groups is 1. The van der Waals surface area contributed by atoms with E-state index in [4.69, 9.17) is 14.3 Å². The molecule has 0 radical (unpaired) electrons. The van der Waals surface area contributed by atoms with E-state index in [0.717, 1.165) is 12.3 Å². The lowest BCUT2D eigenvalue weighted by molar-refractivity contribution is -0.275. The first kappa shape index (κ1) is 14.8. The van der Waals surface area contributed by atoms with Gasteiger partial charge in [0.05, 0.1) is 6.26 Å². The average molecular weight is 302 g/mol. The predicted octanol–water partition coefficient (Wildman–Crippen LogP) is 3.46. The quantitative estimate of drug-likeness (QED) is 0.916. The van der Waals surface area contributed by atoms with E-state index in [1.807, 2.05) is 0 Å². The summed E-state index contributed by atoms with van der Waals surface area (Å²) in [5.41, 5.74) is -0.121. The molecule has 5 nitrogen and oxygen atoms in total. The van der Waals surface area contributed by atoms with Crippen LogP contribution in [0.3, 0.4) is 0 Å². The van der Waals surface area contributed by atoms with Crippen molar-refractivity contribution in [2.45, 2.75) is 13.0 Å². The van der Waals surface area contributed by atoms with E-state index in [-0.39, 0.29) is 23.7 Å². The molecule has 1 aromatic carbocycles. The van der Waals surface area contributed by atoms with Crippen molar-refractivity contribution in [3.63, 3.8) is 0 Å². The van der Waals surface area contributed by atoms with Crippen LogP contribution in [0.1, 0.15) is 16.1 Å². The first-order valence-corrected chi connectivity index (χ1v) is 5.64. The summed E-state index contributed by atoms with van der Waals surface area (Å²) >= 11 is 0. The number of alkyl halides is 3. The molecule has 0 amide bonds. The molecule has 2 aromatic rings. The highest BCUT2D eigenvalue weighted by Gasteiger charge is 2.32. The van der Waals surface area contributed by atoms with Crippen LogP contribution in [0.15, 0.2) is 41.0 Å². The van der Waals surface area contributed by atoms with Gasteiger partial charge in [-0.3, -0.25) is 0 Å². The molecule has 0 spiro atoms. The molecule has 0 aliphatic rings. The number of aromatic carboxylic acids is 1. The number of ether oxygens (including phenoxy) is 2. The lowest BCUT2D eigenvalue weighted by Gasteiger charge is -2.13. The minimum absolute atomic E-state index is 0.00990. The maximum atomic E-state index is 12.2. The number of carboxylic acids is 1. The summed E-state index contributed by atoms with van der Waals surface area (Å²) in [5.74, 6) is -1.93. The van der Waals surface area contributed by atoms with Crippen molar-refractivity contribution in [3.8, 4) is 11.5 Å². The Bertz CT molecular complexity index is 633. The second-order valence-corrected chi connectivity index (χ2v) is 3.85. The Kier molecular flexibility index (Phi) is 4.06. The Morgan fingerprint density at radius 2 is 1.86 bits per heavy atom. The van der Waals surface area contributed by atoms with E-state index in [2.05, 4.69) is 4.74 Å². The van der Waals surface area contributed by atoms with Crippen LogP contribution in [0.5, 0.6) is 11.5 Å². The number of para-hydroxylation sites is 2. The number of hydrogen-bond donors (Lipinski definition) is 1. The Labute approximate surface area is 116 Å². The Balaban J connectivity index is 2.13. The van der Waals surface area contributed by atoms with Crippen molar-refractivity contribution in [1.29, 1.82) is 0 Å². The van der Waals surface area contributed by atoms with Gasteiger partial charge in [0.25, 0.3) is 0 Å². The highest BCUT2D eigenvalue weighted by molar-refractivity contribution is 5.88. The maximum absolute atomic E-state index is 12.2. The number of hydrogen-bond acceptors (Lipinski definition) is 4. The molecule has 2 rings (SSSR count). The molecule has 0 unspecified atom stereocenters. The molecule has 0 bridgehead atoms. The largest absolute Gasteiger partial charge is 0.573 e. The van der Waals surface area contributed by atoms with Gasteiger partial charge in [-0.15, -0.1) is 13.2 Å². The summed E-state index contributed by atoms with van der Waals surface area (Å²) in [4.78, 5) is 10.9. The number of halogens is 3. The van der Waals surface area contributed by atoms with Crippen LogP contribution in [0.25, 0.3) is 0 Å². The highest BCUT2D eigenvalue weighted by Crippen LogP contribution is 2.32. The summed E-state index contributed by atoms with van der Waals surface area (Å²) in [6.45, 7) is -0.340. The van der Waals surface area contributed by atoms with Gasteiger partial charge < -0.3 is 19.0 Å². The molecular weight excluding hydrogens is 293 g/mol. The molecule has 112 valence electrons. The molecular formula is C13H9F3O5. The van der Waals surface area contributed by atoms with Gasteiger partial charge in [0.15, 0.2) is 17.3 Å². The molecule has 0 atom stereocenters. The van der Waals surface area contributed by atoms with Crippen molar-refractivity contribution in [2.24, 2.45) is 0 Å². The molecule has 0 saturated heterocycles. The zero-order chi connectivity index (χ0) is 15.5. The van der Waals surface area contributed by atoms with Gasteiger partial charge in [0.2, 0.25) is 0 Å². The minimum Gasteiger partial charge on any atom is -0.482 e. The summed E-state index contributed by atoms with van der Waals surface area (Å²) < 4.78 is 50.6. The van der Waals surface area contributed by atoms with Gasteiger partial charge >= 0.3 is 12.3 Å². The van der Waals surface area contributed by atoms with Crippen LogP contribution in [0.2, 0.25) is 0 Å². The van der Waals surface area contributed by atoms with Crippen molar-refractivity contribution in [1.82, 2.24) is 0 Å². The molecule has 1 aromatic heterocycles. The topological polar surface area (TPSA) is 68.9 Å². The third-order valence-corrected chi connectivity index (χ3v) is 2.41. The van der Waals surface area contributed by atoms with Crippen LogP contribution >= 0.6 is 0 Å². The molecule has 1 heterocycles. The molecule has 8 heteroatoms. The number of carboxylic acid groups (broad SMARTS) is 1. The monoisotopic (exact) mass is 302 g/mol. The van der Waals surface area contributed by atoms with Gasteiger partial charge in [0.1, 0.15) is 12.2 Å². The standard InChI is InChI=1S/C13H9F3O5/c14-13(15,16)21-10-4-2-1-3-9(10)20-7-11-8(12(17)18)5-6-19-11/h1-6H,7H2,(H,17,18). The Morgan fingerprint density at radius 1 is 1.19 bits per heavy atom. The lowest BCUT2D eigenvalue weighted by atomic mass is 10.2. The fraction of sp³-hybridized carbons (Fsp3) is 0.154. The van der Waals surface area contributed by atoms with Crippen LogP contribution in [0, 0.1) is 0 Å². The van der Waals surface area contributed by atoms with Gasteiger partial charge in [0, 0.05) is 0 Å². The van der Waals surface area contributed by atoms with Gasteiger partial charge in [-0.2, -0.15) is 0 Å². The van der Waals surface area contributed by atoms with Crippen LogP contribution in [-0.2, 0) is 6.61 Å². The second-order valence-electron chi connectivity index (χ2n) is 3.85. The third kappa shape index (κ3) is 3.91. The predicted molar refractivity (Wildman–Crippen MR) is 63.1 cm³/mol. The first-order valence-electron chi connectivity index (χ1n) is 5.64. The summed E-state index contributed by atoms with van der Waals surface area (Å²) in [6, 6.07) is 6.38. The van der Waals surface area contributed by atoms with Crippen molar-refractivity contribution in [2.75, 3.05) is 0 Å². The van der Waals surface area contributed by atoms with E-state index in [1.54, 1.807) is 0 Å². The Hall–Kier alpha value is -2.64. The average Bonchev–Trinajstić information content (AvgIpc) is 2.84. The zero-order valence-electron chi connectivity index (χ0n) is 10.4. The van der Waals surface area contributed by atoms with Crippen LogP contribution < -0.4 is 9.47 Å². The fourth-order valence-corrected chi connectivity index (χ4v) is 1.56. The van der Waals surface area contributed by atoms with E-state index in [1.165, 1.54) is 24.3 Å². The molecule has 0 aliphatic carbocycles. The van der Waals surface area contributed by atoms with Crippen LogP contribution in [-0.4, -0.2) is 17.4 Å². The summed E-state index contributed by atoms with van der Waals surface area (Å²) in [5, 5.41) is 8.87. The SMILES string of the molecule is O=C(O)c1ccoc1COc1ccccc1OC(F)(F)F. The number of benzene rings is 1. The molecule has 21 heavy (non-hydrogen) atoms. The normalized spacial score (nSPS) is 11.2. The summed E-state index contributed by atoms with van der Waals surface area (Å²) in [6.07, 6.45) is -3.70. The van der Waals surface area contributed by atoms with E-state index in [9.17, 15) is 18.0 Å². The van der Waals surface area contributed by atoms with Crippen molar-refractivity contribution < 1.29 is 37.0 Å². The number of furan rings is 1. The fourth-order valence-electron chi connectivity index (χ4n) is 1.56. The van der Waals surface area contributed by atoms with E-state index in [0.29, 0.717) is 0 Å². The lowest BCUT2D eigenvalue weighted by Crippen LogP contribution is -2.17. The molecule has 0 fully saturated rings. The third-order valence-electron chi connectivity index (χ3n) is 2.41.